The predicted octanol–water partition coefficient (Wildman–Crippen LogP) is 2.61. The van der Waals surface area contributed by atoms with Crippen LogP contribution in [0, 0.1) is 6.92 Å². The highest BCUT2D eigenvalue weighted by atomic mass is 16.5. The van der Waals surface area contributed by atoms with E-state index in [1.54, 1.807) is 11.0 Å². The lowest BCUT2D eigenvalue weighted by Gasteiger charge is -2.35. The molecule has 1 aliphatic rings. The van der Waals surface area contributed by atoms with Crippen molar-refractivity contribution in [3.8, 4) is 11.3 Å². The molecule has 0 saturated carbocycles. The van der Waals surface area contributed by atoms with E-state index < -0.39 is 0 Å². The second-order valence-corrected chi connectivity index (χ2v) is 8.21. The second kappa shape index (κ2) is 9.30. The lowest BCUT2D eigenvalue weighted by molar-refractivity contribution is 0.0696. The first-order valence-corrected chi connectivity index (χ1v) is 11.1. The SMILES string of the molecule is Cc1ccc(-c2ccc(=O)n(Cc3noc(C(=O)N4CCN(c5ccccc5)CC4)n3)n2)cc1. The topological polar surface area (TPSA) is 97.4 Å². The van der Waals surface area contributed by atoms with Crippen LogP contribution in [0.5, 0.6) is 0 Å². The molecular formula is C25H24N6O3. The largest absolute Gasteiger partial charge is 0.368 e. The Bertz CT molecular complexity index is 1340. The number of carbonyl (C=O) groups excluding carboxylic acids is 1. The molecule has 3 heterocycles. The number of piperazine rings is 1. The number of hydrogen-bond acceptors (Lipinski definition) is 7. The summed E-state index contributed by atoms with van der Waals surface area (Å²) in [6, 6.07) is 21.1. The molecule has 0 atom stereocenters. The van der Waals surface area contributed by atoms with Gasteiger partial charge in [0, 0.05) is 43.5 Å². The maximum atomic E-state index is 12.9. The minimum atomic E-state index is -0.305. The Morgan fingerprint density at radius 1 is 0.941 bits per heavy atom. The van der Waals surface area contributed by atoms with Gasteiger partial charge in [-0.25, -0.2) is 4.68 Å². The molecule has 172 valence electrons. The molecule has 1 fully saturated rings. The highest BCUT2D eigenvalue weighted by Gasteiger charge is 2.26. The normalized spacial score (nSPS) is 13.8. The summed E-state index contributed by atoms with van der Waals surface area (Å²) in [6.07, 6.45) is 0. The van der Waals surface area contributed by atoms with Gasteiger partial charge in [0.15, 0.2) is 5.82 Å². The molecule has 1 amide bonds. The molecule has 9 heteroatoms. The summed E-state index contributed by atoms with van der Waals surface area (Å²) >= 11 is 0. The van der Waals surface area contributed by atoms with Gasteiger partial charge >= 0.3 is 11.8 Å². The molecule has 2 aromatic heterocycles. The van der Waals surface area contributed by atoms with Crippen molar-refractivity contribution in [3.05, 3.63) is 94.4 Å². The minimum absolute atomic E-state index is 0.0110. The summed E-state index contributed by atoms with van der Waals surface area (Å²) in [6.45, 7) is 4.59. The Morgan fingerprint density at radius 2 is 1.68 bits per heavy atom. The smallest absolute Gasteiger partial charge is 0.316 e. The van der Waals surface area contributed by atoms with E-state index in [1.165, 1.54) is 10.7 Å². The van der Waals surface area contributed by atoms with Gasteiger partial charge in [-0.3, -0.25) is 9.59 Å². The van der Waals surface area contributed by atoms with Crippen LogP contribution in [-0.2, 0) is 6.54 Å². The summed E-state index contributed by atoms with van der Waals surface area (Å²) in [7, 11) is 0. The maximum Gasteiger partial charge on any atom is 0.316 e. The van der Waals surface area contributed by atoms with Crippen molar-refractivity contribution in [3.63, 3.8) is 0 Å². The third kappa shape index (κ3) is 4.59. The molecule has 0 spiro atoms. The van der Waals surface area contributed by atoms with E-state index in [1.807, 2.05) is 49.4 Å². The number of nitrogens with zero attached hydrogens (tertiary/aromatic N) is 6. The highest BCUT2D eigenvalue weighted by molar-refractivity contribution is 5.89. The molecule has 5 rings (SSSR count). The zero-order chi connectivity index (χ0) is 23.5. The Kier molecular flexibility index (Phi) is 5.90. The molecule has 2 aromatic carbocycles. The van der Waals surface area contributed by atoms with Crippen molar-refractivity contribution in [2.45, 2.75) is 13.5 Å². The van der Waals surface area contributed by atoms with Gasteiger partial charge in [-0.1, -0.05) is 53.2 Å². The van der Waals surface area contributed by atoms with Crippen molar-refractivity contribution >= 4 is 11.6 Å². The summed E-state index contributed by atoms with van der Waals surface area (Å²) in [5.41, 5.74) is 3.56. The summed E-state index contributed by atoms with van der Waals surface area (Å²) < 4.78 is 6.49. The molecule has 1 saturated heterocycles. The molecular weight excluding hydrogens is 432 g/mol. The Labute approximate surface area is 196 Å². The van der Waals surface area contributed by atoms with E-state index in [4.69, 9.17) is 4.52 Å². The Balaban J connectivity index is 1.26. The molecule has 9 nitrogen and oxygen atoms in total. The average Bonchev–Trinajstić information content (AvgIpc) is 3.35. The lowest BCUT2D eigenvalue weighted by atomic mass is 10.1. The summed E-state index contributed by atoms with van der Waals surface area (Å²) in [5, 5.41) is 8.33. The molecule has 0 N–H and O–H groups in total. The van der Waals surface area contributed by atoms with Gasteiger partial charge in [-0.05, 0) is 25.1 Å². The quantitative estimate of drug-likeness (QED) is 0.455. The number of amides is 1. The fourth-order valence-corrected chi connectivity index (χ4v) is 3.92. The average molecular weight is 457 g/mol. The summed E-state index contributed by atoms with van der Waals surface area (Å²) in [5.74, 6) is -0.159. The zero-order valence-corrected chi connectivity index (χ0v) is 18.8. The third-order valence-electron chi connectivity index (χ3n) is 5.84. The fourth-order valence-electron chi connectivity index (χ4n) is 3.92. The predicted molar refractivity (Wildman–Crippen MR) is 127 cm³/mol. The highest BCUT2D eigenvalue weighted by Crippen LogP contribution is 2.17. The lowest BCUT2D eigenvalue weighted by Crippen LogP contribution is -2.48. The van der Waals surface area contributed by atoms with Gasteiger partial charge in [-0.15, -0.1) is 0 Å². The molecule has 0 aliphatic carbocycles. The first-order chi connectivity index (χ1) is 16.6. The van der Waals surface area contributed by atoms with Crippen LogP contribution < -0.4 is 10.5 Å². The first kappa shape index (κ1) is 21.6. The van der Waals surface area contributed by atoms with Crippen molar-refractivity contribution in [2.75, 3.05) is 31.1 Å². The van der Waals surface area contributed by atoms with Crippen molar-refractivity contribution in [2.24, 2.45) is 0 Å². The van der Waals surface area contributed by atoms with Gasteiger partial charge in [-0.2, -0.15) is 10.1 Å². The van der Waals surface area contributed by atoms with Gasteiger partial charge < -0.3 is 14.3 Å². The van der Waals surface area contributed by atoms with Crippen LogP contribution in [0.3, 0.4) is 0 Å². The number of para-hydroxylation sites is 1. The number of rotatable bonds is 5. The van der Waals surface area contributed by atoms with Crippen LogP contribution in [0.1, 0.15) is 22.1 Å². The van der Waals surface area contributed by atoms with E-state index >= 15 is 0 Å². The van der Waals surface area contributed by atoms with Gasteiger partial charge in [0.2, 0.25) is 0 Å². The third-order valence-corrected chi connectivity index (χ3v) is 5.84. The van der Waals surface area contributed by atoms with Crippen molar-refractivity contribution in [1.82, 2.24) is 24.8 Å². The Morgan fingerprint density at radius 3 is 2.41 bits per heavy atom. The number of aryl methyl sites for hydroxylation is 1. The van der Waals surface area contributed by atoms with E-state index in [2.05, 4.69) is 32.3 Å². The standard InChI is InChI=1S/C25H24N6O3/c1-18-7-9-19(10-8-18)21-11-12-23(32)31(27-21)17-22-26-24(34-28-22)25(33)30-15-13-29(14-16-30)20-5-3-2-4-6-20/h2-12H,13-17H2,1H3. The molecule has 0 radical (unpaired) electrons. The number of aromatic nitrogens is 4. The molecule has 34 heavy (non-hydrogen) atoms. The van der Waals surface area contributed by atoms with Crippen LogP contribution in [0.2, 0.25) is 0 Å². The van der Waals surface area contributed by atoms with E-state index in [0.29, 0.717) is 18.8 Å². The number of benzene rings is 2. The van der Waals surface area contributed by atoms with Crippen LogP contribution in [0.25, 0.3) is 11.3 Å². The molecule has 0 bridgehead atoms. The van der Waals surface area contributed by atoms with Gasteiger partial charge in [0.25, 0.3) is 5.56 Å². The van der Waals surface area contributed by atoms with Crippen molar-refractivity contribution in [1.29, 1.82) is 0 Å². The number of carbonyl (C=O) groups is 1. The van der Waals surface area contributed by atoms with E-state index in [9.17, 15) is 9.59 Å². The second-order valence-electron chi connectivity index (χ2n) is 8.21. The van der Waals surface area contributed by atoms with Crippen LogP contribution >= 0.6 is 0 Å². The van der Waals surface area contributed by atoms with Crippen LogP contribution in [0.4, 0.5) is 5.69 Å². The van der Waals surface area contributed by atoms with Gasteiger partial charge in [0.05, 0.1) is 5.69 Å². The molecule has 4 aromatic rings. The molecule has 0 unspecified atom stereocenters. The number of hydrogen-bond donors (Lipinski definition) is 0. The minimum Gasteiger partial charge on any atom is -0.368 e. The van der Waals surface area contributed by atoms with Crippen LogP contribution in [0.15, 0.2) is 76.0 Å². The monoisotopic (exact) mass is 456 g/mol. The Hall–Kier alpha value is -4.27. The zero-order valence-electron chi connectivity index (χ0n) is 18.8. The number of anilines is 1. The van der Waals surface area contributed by atoms with Gasteiger partial charge in [0.1, 0.15) is 6.54 Å². The van der Waals surface area contributed by atoms with E-state index in [0.717, 1.165) is 29.9 Å². The molecule has 1 aliphatic heterocycles. The maximum absolute atomic E-state index is 12.9. The van der Waals surface area contributed by atoms with Crippen molar-refractivity contribution < 1.29 is 9.32 Å². The van der Waals surface area contributed by atoms with E-state index in [-0.39, 0.29) is 29.7 Å². The summed E-state index contributed by atoms with van der Waals surface area (Å²) in [4.78, 5) is 33.4. The first-order valence-electron chi connectivity index (χ1n) is 11.1. The van der Waals surface area contributed by atoms with Crippen LogP contribution in [-0.4, -0.2) is 56.9 Å². The fraction of sp³-hybridized carbons (Fsp3) is 0.240.